The maximum Gasteiger partial charge on any atom is 0.339 e. The number of esters is 1. The van der Waals surface area contributed by atoms with Crippen molar-refractivity contribution >= 4 is 38.6 Å². The lowest BCUT2D eigenvalue weighted by atomic mass is 10.0. The van der Waals surface area contributed by atoms with Crippen LogP contribution in [0.25, 0.3) is 22.3 Å². The molecule has 1 N–H and O–H groups in total. The summed E-state index contributed by atoms with van der Waals surface area (Å²) < 4.78 is 64.4. The van der Waals surface area contributed by atoms with Crippen molar-refractivity contribution in [2.75, 3.05) is 30.8 Å². The number of nitrogens with one attached hydrogen (secondary N) is 1. The molecule has 3 aromatic carbocycles. The molecule has 0 aliphatic carbocycles. The van der Waals surface area contributed by atoms with Crippen LogP contribution in [0.2, 0.25) is 0 Å². The number of aromatic nitrogens is 1. The highest BCUT2D eigenvalue weighted by molar-refractivity contribution is 7.92. The highest BCUT2D eigenvalue weighted by Crippen LogP contribution is 2.42. The minimum absolute atomic E-state index is 0.132. The predicted octanol–water partition coefficient (Wildman–Crippen LogP) is 5.87. The largest absolute Gasteiger partial charge is 0.459 e. The first-order valence-corrected chi connectivity index (χ1v) is 16.4. The van der Waals surface area contributed by atoms with E-state index in [0.717, 1.165) is 6.26 Å². The van der Waals surface area contributed by atoms with E-state index in [4.69, 9.17) is 18.6 Å². The number of sulfonamides is 1. The summed E-state index contributed by atoms with van der Waals surface area (Å²) in [5.41, 5.74) is 2.18. The number of carbonyl (C=O) groups excluding carboxylic acids is 2. The molecule has 2 aromatic heterocycles. The SMILES string of the molecule is CNC(=O)c1c(-c2ccc(Oc3ccc(F)cc3)cc2)oc2cc3c(cc12)C(C)OC(COC(=O)c1cccnc1)CN3S(C)(=O)=O. The normalized spacial score (nSPS) is 16.3. The van der Waals surface area contributed by atoms with Gasteiger partial charge < -0.3 is 23.9 Å². The number of carbonyl (C=O) groups is 2. The van der Waals surface area contributed by atoms with Gasteiger partial charge in [0.15, 0.2) is 0 Å². The Kier molecular flexibility index (Phi) is 8.67. The maximum absolute atomic E-state index is 13.3. The van der Waals surface area contributed by atoms with E-state index in [2.05, 4.69) is 10.3 Å². The number of anilines is 1. The molecule has 3 heterocycles. The molecule has 0 fully saturated rings. The average molecular weight is 660 g/mol. The van der Waals surface area contributed by atoms with Crippen LogP contribution < -0.4 is 14.4 Å². The fourth-order valence-electron chi connectivity index (χ4n) is 5.39. The smallest absolute Gasteiger partial charge is 0.339 e. The summed E-state index contributed by atoms with van der Waals surface area (Å²) in [6, 6.07) is 18.9. The molecule has 2 atom stereocenters. The van der Waals surface area contributed by atoms with Crippen LogP contribution in [0.3, 0.4) is 0 Å². The molecule has 47 heavy (non-hydrogen) atoms. The van der Waals surface area contributed by atoms with Gasteiger partial charge in [-0.05, 0) is 73.7 Å². The summed E-state index contributed by atoms with van der Waals surface area (Å²) in [4.78, 5) is 29.7. The topological polar surface area (TPSA) is 137 Å². The number of amides is 1. The predicted molar refractivity (Wildman–Crippen MR) is 172 cm³/mol. The quantitative estimate of drug-likeness (QED) is 0.203. The van der Waals surface area contributed by atoms with Crippen LogP contribution in [-0.2, 0) is 19.5 Å². The molecule has 1 aliphatic heterocycles. The van der Waals surface area contributed by atoms with Gasteiger partial charge in [-0.3, -0.25) is 14.1 Å². The molecule has 0 saturated heterocycles. The fraction of sp³-hybridized carbons (Fsp3) is 0.206. The lowest BCUT2D eigenvalue weighted by Crippen LogP contribution is -2.39. The summed E-state index contributed by atoms with van der Waals surface area (Å²) in [5.74, 6) is -0.187. The second-order valence-electron chi connectivity index (χ2n) is 10.9. The Labute approximate surface area is 269 Å². The van der Waals surface area contributed by atoms with Gasteiger partial charge in [0.2, 0.25) is 10.0 Å². The van der Waals surface area contributed by atoms with Crippen molar-refractivity contribution in [3.63, 3.8) is 0 Å². The number of hydrogen-bond acceptors (Lipinski definition) is 9. The van der Waals surface area contributed by atoms with E-state index >= 15 is 0 Å². The van der Waals surface area contributed by atoms with Gasteiger partial charge >= 0.3 is 5.97 Å². The van der Waals surface area contributed by atoms with Crippen LogP contribution in [0.4, 0.5) is 10.1 Å². The minimum atomic E-state index is -3.84. The Morgan fingerprint density at radius 1 is 1.06 bits per heavy atom. The zero-order valence-electron chi connectivity index (χ0n) is 25.6. The van der Waals surface area contributed by atoms with Gasteiger partial charge in [0, 0.05) is 42.0 Å². The first kappa shape index (κ1) is 31.7. The van der Waals surface area contributed by atoms with Gasteiger partial charge in [-0.25, -0.2) is 17.6 Å². The van der Waals surface area contributed by atoms with Gasteiger partial charge in [-0.15, -0.1) is 0 Å². The lowest BCUT2D eigenvalue weighted by Gasteiger charge is -2.24. The van der Waals surface area contributed by atoms with Gasteiger partial charge in [0.05, 0.1) is 35.7 Å². The molecule has 11 nitrogen and oxygen atoms in total. The Bertz CT molecular complexity index is 2050. The molecule has 0 spiro atoms. The molecule has 5 aromatic rings. The van der Waals surface area contributed by atoms with Gasteiger partial charge in [-0.2, -0.15) is 0 Å². The van der Waals surface area contributed by atoms with Crippen LogP contribution in [-0.4, -0.2) is 57.8 Å². The number of furan rings is 1. The number of rotatable bonds is 8. The second kappa shape index (κ2) is 12.9. The van der Waals surface area contributed by atoms with Gasteiger partial charge in [0.25, 0.3) is 5.91 Å². The number of halogens is 1. The highest BCUT2D eigenvalue weighted by atomic mass is 32.2. The van der Waals surface area contributed by atoms with Gasteiger partial charge in [0.1, 0.15) is 41.4 Å². The second-order valence-corrected chi connectivity index (χ2v) is 12.8. The summed E-state index contributed by atoms with van der Waals surface area (Å²) in [6.45, 7) is 1.42. The standard InChI is InChI=1S/C34H30FN3O8S/c1-20-27-15-28-30(16-29(27)38(47(3,41)42)18-26(44-20)19-43-34(40)22-5-4-14-37-17-22)46-32(31(28)33(39)36-2)21-6-10-24(11-7-21)45-25-12-8-23(35)9-13-25/h4-17,20,26H,18-19H2,1-3H3,(H,36,39). The van der Waals surface area contributed by atoms with Crippen molar-refractivity contribution in [3.05, 3.63) is 108 Å². The average Bonchev–Trinajstić information content (AvgIpc) is 3.37. The van der Waals surface area contributed by atoms with Crippen molar-refractivity contribution < 1.29 is 41.0 Å². The van der Waals surface area contributed by atoms with Crippen LogP contribution >= 0.6 is 0 Å². The Morgan fingerprint density at radius 3 is 2.40 bits per heavy atom. The molecule has 0 bridgehead atoms. The maximum atomic E-state index is 13.3. The van der Waals surface area contributed by atoms with E-state index in [1.807, 2.05) is 0 Å². The Hall–Kier alpha value is -5.27. The summed E-state index contributed by atoms with van der Waals surface area (Å²) in [6.07, 6.45) is 2.53. The van der Waals surface area contributed by atoms with E-state index in [9.17, 15) is 22.4 Å². The van der Waals surface area contributed by atoms with Crippen molar-refractivity contribution in [2.45, 2.75) is 19.1 Å². The van der Waals surface area contributed by atoms with E-state index in [1.165, 1.54) is 48.0 Å². The molecule has 2 unspecified atom stereocenters. The molecule has 13 heteroatoms. The van der Waals surface area contributed by atoms with Crippen molar-refractivity contribution in [2.24, 2.45) is 0 Å². The number of benzene rings is 3. The number of pyridine rings is 1. The monoisotopic (exact) mass is 659 g/mol. The molecular formula is C34H30FN3O8S. The van der Waals surface area contributed by atoms with Crippen LogP contribution in [0, 0.1) is 5.82 Å². The summed E-state index contributed by atoms with van der Waals surface area (Å²) >= 11 is 0. The van der Waals surface area contributed by atoms with Crippen LogP contribution in [0.15, 0.2) is 89.6 Å². The summed E-state index contributed by atoms with van der Waals surface area (Å²) in [7, 11) is -2.34. The number of ether oxygens (including phenoxy) is 3. The molecule has 0 saturated carbocycles. The van der Waals surface area contributed by atoms with Crippen molar-refractivity contribution in [3.8, 4) is 22.8 Å². The molecular weight excluding hydrogens is 629 g/mol. The number of fused-ring (bicyclic) bond motifs is 2. The van der Waals surface area contributed by atoms with Crippen LogP contribution in [0.5, 0.6) is 11.5 Å². The Morgan fingerprint density at radius 2 is 1.77 bits per heavy atom. The minimum Gasteiger partial charge on any atom is -0.459 e. The van der Waals surface area contributed by atoms with Crippen molar-refractivity contribution in [1.29, 1.82) is 0 Å². The van der Waals surface area contributed by atoms with Gasteiger partial charge in [-0.1, -0.05) is 0 Å². The Balaban J connectivity index is 1.35. The molecule has 1 amide bonds. The third kappa shape index (κ3) is 6.67. The third-order valence-corrected chi connectivity index (χ3v) is 8.77. The van der Waals surface area contributed by atoms with E-state index in [-0.39, 0.29) is 41.4 Å². The first-order valence-electron chi connectivity index (χ1n) is 14.6. The van der Waals surface area contributed by atoms with Crippen LogP contribution in [0.1, 0.15) is 39.3 Å². The zero-order chi connectivity index (χ0) is 33.3. The van der Waals surface area contributed by atoms with E-state index < -0.39 is 34.1 Å². The third-order valence-electron chi connectivity index (χ3n) is 7.63. The zero-order valence-corrected chi connectivity index (χ0v) is 26.4. The highest BCUT2D eigenvalue weighted by Gasteiger charge is 2.34. The van der Waals surface area contributed by atoms with E-state index in [1.54, 1.807) is 55.5 Å². The number of hydrogen-bond donors (Lipinski definition) is 1. The molecule has 1 aliphatic rings. The first-order chi connectivity index (χ1) is 22.5. The van der Waals surface area contributed by atoms with Crippen molar-refractivity contribution in [1.82, 2.24) is 10.3 Å². The number of nitrogens with zero attached hydrogens (tertiary/aromatic N) is 2. The molecule has 6 rings (SSSR count). The fourth-order valence-corrected chi connectivity index (χ4v) is 6.34. The lowest BCUT2D eigenvalue weighted by molar-refractivity contribution is -0.0337. The van der Waals surface area contributed by atoms with E-state index in [0.29, 0.717) is 33.7 Å². The summed E-state index contributed by atoms with van der Waals surface area (Å²) in [5, 5.41) is 3.11. The molecule has 242 valence electrons. The molecule has 0 radical (unpaired) electrons.